The smallest absolute Gasteiger partial charge is 0.252 e. The van der Waals surface area contributed by atoms with Crippen molar-refractivity contribution in [1.29, 1.82) is 0 Å². The molecule has 11 aromatic rings. The monoisotopic (exact) mass is 1030 g/mol. The summed E-state index contributed by atoms with van der Waals surface area (Å²) >= 11 is 0. The maximum Gasteiger partial charge on any atom is 0.252 e. The molecule has 6 heterocycles. The lowest BCUT2D eigenvalue weighted by Crippen LogP contribution is -2.67. The Morgan fingerprint density at radius 3 is 1.42 bits per heavy atom. The predicted molar refractivity (Wildman–Crippen MR) is 333 cm³/mol. The molecule has 5 nitrogen and oxygen atoms in total. The van der Waals surface area contributed by atoms with Gasteiger partial charge in [0.15, 0.2) is 11.2 Å². The standard InChI is InChI=1S/C73H66BN3O2/c1-69(2,3)52-30-16-24-46-48-26-18-34-58(67(48)78-65(46)52)75-56-32-20-28-50-62(56)74-63-51(71(50,7)8)29-21-33-57(63)76(59-35-19-27-49-47-25-17-31-53(70(4,5)6)66(47)79-68(49)59)61-42-45(41-60(75)64(61)74)77-55-37-36-44(43-22-12-11-13-23-43)40-54(55)72(9)38-14-15-39-73(72,77)10/h11-13,16-37,40-42H,14-15,38-39H2,1-10H3. The van der Waals surface area contributed by atoms with Crippen LogP contribution in [0.25, 0.3) is 55.0 Å². The largest absolute Gasteiger partial charge is 0.454 e. The lowest BCUT2D eigenvalue weighted by molar-refractivity contribution is 0.195. The van der Waals surface area contributed by atoms with Crippen LogP contribution in [-0.4, -0.2) is 12.3 Å². The van der Waals surface area contributed by atoms with Gasteiger partial charge >= 0.3 is 0 Å². The highest BCUT2D eigenvalue weighted by molar-refractivity contribution is 7.01. The van der Waals surface area contributed by atoms with E-state index < -0.39 is 0 Å². The van der Waals surface area contributed by atoms with Crippen molar-refractivity contribution < 1.29 is 8.83 Å². The van der Waals surface area contributed by atoms with E-state index in [0.717, 1.165) is 68.1 Å². The van der Waals surface area contributed by atoms with Crippen molar-refractivity contribution in [2.24, 2.45) is 0 Å². The van der Waals surface area contributed by atoms with Gasteiger partial charge < -0.3 is 23.5 Å². The molecular formula is C73H66BN3O2. The van der Waals surface area contributed by atoms with Crippen molar-refractivity contribution in [3.8, 4) is 11.1 Å². The fourth-order valence-corrected chi connectivity index (χ4v) is 16.0. The van der Waals surface area contributed by atoms with Crippen LogP contribution in [0.2, 0.25) is 0 Å². The molecule has 0 spiro atoms. The Hall–Kier alpha value is -7.96. The number of rotatable bonds is 4. The number of furan rings is 2. The van der Waals surface area contributed by atoms with E-state index in [2.05, 4.69) is 254 Å². The molecule has 5 aliphatic rings. The fraction of sp³-hybridized carbons (Fsp3) is 0.260. The first-order valence-corrected chi connectivity index (χ1v) is 28.9. The van der Waals surface area contributed by atoms with Crippen molar-refractivity contribution in [2.45, 2.75) is 122 Å². The summed E-state index contributed by atoms with van der Waals surface area (Å²) in [4.78, 5) is 8.02. The molecule has 9 aromatic carbocycles. The summed E-state index contributed by atoms with van der Waals surface area (Å²) in [5.41, 5.74) is 25.4. The van der Waals surface area contributed by atoms with Gasteiger partial charge in [0.05, 0.1) is 16.9 Å². The average molecular weight is 1030 g/mol. The molecule has 0 amide bonds. The normalized spacial score (nSPS) is 19.7. The minimum absolute atomic E-state index is 0.0310. The first-order chi connectivity index (χ1) is 38.0. The summed E-state index contributed by atoms with van der Waals surface area (Å²) in [6.07, 6.45) is 4.59. The van der Waals surface area contributed by atoms with E-state index in [0.29, 0.717) is 0 Å². The second-order valence-electron chi connectivity index (χ2n) is 26.7. The Labute approximate surface area is 464 Å². The van der Waals surface area contributed by atoms with Gasteiger partial charge in [-0.2, -0.15) is 0 Å². The zero-order chi connectivity index (χ0) is 53.9. The van der Waals surface area contributed by atoms with Gasteiger partial charge in [-0.15, -0.1) is 0 Å². The molecule has 79 heavy (non-hydrogen) atoms. The summed E-state index contributed by atoms with van der Waals surface area (Å²) in [6, 6.07) is 64.8. The summed E-state index contributed by atoms with van der Waals surface area (Å²) in [7, 11) is 0. The van der Waals surface area contributed by atoms with Crippen LogP contribution < -0.4 is 31.1 Å². The maximum absolute atomic E-state index is 7.41. The van der Waals surface area contributed by atoms with Gasteiger partial charge in [-0.3, -0.25) is 0 Å². The number of hydrogen-bond donors (Lipinski definition) is 0. The Balaban J connectivity index is 1.05. The first kappa shape index (κ1) is 47.1. The molecule has 0 bridgehead atoms. The molecule has 2 unspecified atom stereocenters. The van der Waals surface area contributed by atoms with E-state index in [1.165, 1.54) is 102 Å². The van der Waals surface area contributed by atoms with Crippen LogP contribution in [0, 0.1) is 0 Å². The quantitative estimate of drug-likeness (QED) is 0.164. The lowest BCUT2D eigenvalue weighted by Gasteiger charge is -2.52. The molecule has 0 radical (unpaired) electrons. The van der Waals surface area contributed by atoms with Crippen LogP contribution in [0.1, 0.15) is 123 Å². The van der Waals surface area contributed by atoms with Gasteiger partial charge in [-0.1, -0.05) is 196 Å². The Morgan fingerprint density at radius 2 is 0.886 bits per heavy atom. The highest BCUT2D eigenvalue weighted by atomic mass is 16.3. The van der Waals surface area contributed by atoms with Gasteiger partial charge in [0.25, 0.3) is 6.71 Å². The average Bonchev–Trinajstić information content (AvgIpc) is 2.90. The molecule has 388 valence electrons. The zero-order valence-electron chi connectivity index (χ0n) is 47.2. The fourth-order valence-electron chi connectivity index (χ4n) is 16.0. The van der Waals surface area contributed by atoms with Gasteiger partial charge in [-0.05, 0) is 123 Å². The molecule has 4 aliphatic heterocycles. The van der Waals surface area contributed by atoms with Crippen LogP contribution in [-0.2, 0) is 21.7 Å². The second kappa shape index (κ2) is 15.7. The third-order valence-corrected chi connectivity index (χ3v) is 20.0. The Kier molecular flexibility index (Phi) is 9.33. The van der Waals surface area contributed by atoms with E-state index in [1.807, 2.05) is 0 Å². The van der Waals surface area contributed by atoms with E-state index in [1.54, 1.807) is 0 Å². The zero-order valence-corrected chi connectivity index (χ0v) is 47.2. The molecule has 1 fully saturated rings. The number of nitrogens with zero attached hydrogens (tertiary/aromatic N) is 3. The first-order valence-electron chi connectivity index (χ1n) is 28.9. The molecule has 1 aliphatic carbocycles. The number of hydrogen-bond acceptors (Lipinski definition) is 5. The summed E-state index contributed by atoms with van der Waals surface area (Å²) in [5, 5.41) is 4.56. The van der Waals surface area contributed by atoms with Crippen LogP contribution in [0.3, 0.4) is 0 Å². The van der Waals surface area contributed by atoms with Gasteiger partial charge in [0.1, 0.15) is 11.2 Å². The lowest BCUT2D eigenvalue weighted by atomic mass is 9.28. The maximum atomic E-state index is 7.41. The summed E-state index contributed by atoms with van der Waals surface area (Å²) < 4.78 is 14.8. The molecular weight excluding hydrogens is 962 g/mol. The predicted octanol–water partition coefficient (Wildman–Crippen LogP) is 18.2. The van der Waals surface area contributed by atoms with Crippen LogP contribution in [0.5, 0.6) is 0 Å². The van der Waals surface area contributed by atoms with Crippen LogP contribution in [0.15, 0.2) is 179 Å². The highest BCUT2D eigenvalue weighted by Crippen LogP contribution is 2.63. The summed E-state index contributed by atoms with van der Waals surface area (Å²) in [5.74, 6) is 0. The molecule has 16 rings (SSSR count). The molecule has 6 heteroatoms. The van der Waals surface area contributed by atoms with E-state index in [4.69, 9.17) is 8.83 Å². The molecule has 1 saturated carbocycles. The van der Waals surface area contributed by atoms with Crippen molar-refractivity contribution >= 4 is 112 Å². The number of benzene rings is 9. The Bertz CT molecular complexity index is 4240. The molecule has 0 saturated heterocycles. The SMILES string of the molecule is CC(C)(C)c1cccc2c1oc1c(N3c4cc(N5c6ccc(-c7ccccc7)cc6C6(C)CCCCC56C)cc5c4B4c6c3cccc6C(C)(C)c3cccc(c34)N5c3cccc4c3oc3c(C(C)(C)C)cccc34)cccc12. The van der Waals surface area contributed by atoms with Gasteiger partial charge in [0.2, 0.25) is 0 Å². The van der Waals surface area contributed by atoms with Gasteiger partial charge in [-0.25, -0.2) is 0 Å². The van der Waals surface area contributed by atoms with Crippen molar-refractivity contribution in [3.05, 3.63) is 198 Å². The number of para-hydroxylation sites is 4. The molecule has 2 atom stereocenters. The van der Waals surface area contributed by atoms with Crippen LogP contribution >= 0.6 is 0 Å². The highest BCUT2D eigenvalue weighted by Gasteiger charge is 2.59. The minimum atomic E-state index is -0.308. The number of anilines is 8. The van der Waals surface area contributed by atoms with E-state index >= 15 is 0 Å². The second-order valence-corrected chi connectivity index (χ2v) is 26.7. The topological polar surface area (TPSA) is 36.0 Å². The third-order valence-electron chi connectivity index (χ3n) is 20.0. The van der Waals surface area contributed by atoms with Crippen molar-refractivity contribution in [2.75, 3.05) is 14.7 Å². The Morgan fingerprint density at radius 1 is 0.405 bits per heavy atom. The van der Waals surface area contributed by atoms with Gasteiger partial charge in [0, 0.05) is 77.6 Å². The minimum Gasteiger partial charge on any atom is -0.454 e. The van der Waals surface area contributed by atoms with Crippen LogP contribution in [0.4, 0.5) is 45.5 Å². The van der Waals surface area contributed by atoms with Crippen molar-refractivity contribution in [1.82, 2.24) is 0 Å². The summed E-state index contributed by atoms with van der Waals surface area (Å²) in [6.45, 7) is 23.7. The van der Waals surface area contributed by atoms with E-state index in [9.17, 15) is 0 Å². The molecule has 0 N–H and O–H groups in total. The van der Waals surface area contributed by atoms with E-state index in [-0.39, 0.29) is 33.9 Å². The number of fused-ring (bicyclic) bond motifs is 9. The third kappa shape index (κ3) is 6.08. The van der Waals surface area contributed by atoms with Crippen molar-refractivity contribution in [3.63, 3.8) is 0 Å². The molecule has 2 aromatic heterocycles.